The van der Waals surface area contributed by atoms with Gasteiger partial charge in [0.2, 0.25) is 5.91 Å². The predicted molar refractivity (Wildman–Crippen MR) is 151 cm³/mol. The Morgan fingerprint density at radius 3 is 2.82 bits per heavy atom. The fourth-order valence-electron chi connectivity index (χ4n) is 5.33. The van der Waals surface area contributed by atoms with Gasteiger partial charge in [-0.1, -0.05) is 52.4 Å². The van der Waals surface area contributed by atoms with Gasteiger partial charge in [0.25, 0.3) is 5.91 Å². The molecule has 2 amide bonds. The number of hydrogen-bond acceptors (Lipinski definition) is 6. The van der Waals surface area contributed by atoms with Crippen LogP contribution in [0.3, 0.4) is 0 Å². The third-order valence-electron chi connectivity index (χ3n) is 7.43. The maximum Gasteiger partial charge on any atom is 0.264 e. The number of aromatic nitrogens is 3. The number of allylic oxidation sites excluding steroid dienone is 1. The summed E-state index contributed by atoms with van der Waals surface area (Å²) in [7, 11) is 0. The second kappa shape index (κ2) is 11.4. The van der Waals surface area contributed by atoms with Crippen LogP contribution in [-0.2, 0) is 34.7 Å². The van der Waals surface area contributed by atoms with Crippen molar-refractivity contribution in [3.05, 3.63) is 82.1 Å². The van der Waals surface area contributed by atoms with Gasteiger partial charge in [-0.3, -0.25) is 14.3 Å². The van der Waals surface area contributed by atoms with E-state index < -0.39 is 11.5 Å². The Morgan fingerprint density at radius 1 is 1.21 bits per heavy atom. The van der Waals surface area contributed by atoms with E-state index in [-0.39, 0.29) is 25.0 Å². The Morgan fingerprint density at radius 2 is 2.05 bits per heavy atom. The first-order chi connectivity index (χ1) is 18.8. The first-order valence-electron chi connectivity index (χ1n) is 13.2. The van der Waals surface area contributed by atoms with Crippen molar-refractivity contribution in [2.45, 2.75) is 51.3 Å². The molecular weight excluding hydrogens is 562 g/mol. The van der Waals surface area contributed by atoms with Crippen LogP contribution in [0.1, 0.15) is 43.0 Å². The Hall–Kier alpha value is -3.34. The first-order valence-corrected chi connectivity index (χ1v) is 14.0. The zero-order valence-electron chi connectivity index (χ0n) is 21.8. The number of carbonyl (C=O) groups is 2. The molecule has 1 saturated heterocycles. The van der Waals surface area contributed by atoms with Crippen LogP contribution < -0.4 is 9.80 Å². The number of nitrogens with zero attached hydrogens (tertiary/aromatic N) is 5. The molecule has 1 aromatic heterocycles. The molecule has 9 nitrogen and oxygen atoms in total. The highest BCUT2D eigenvalue weighted by molar-refractivity contribution is 9.10. The Balaban J connectivity index is 1.34. The zero-order chi connectivity index (χ0) is 27.6. The summed E-state index contributed by atoms with van der Waals surface area (Å²) in [5.74, 6) is -0.748. The number of rotatable bonds is 10. The number of aliphatic hydroxyl groups excluding tert-OH is 1. The molecule has 2 aliphatic rings. The number of amides is 2. The van der Waals surface area contributed by atoms with Gasteiger partial charge in [-0.15, -0.1) is 5.10 Å². The maximum atomic E-state index is 13.9. The van der Waals surface area contributed by atoms with E-state index in [0.717, 1.165) is 27.8 Å². The average Bonchev–Trinajstić information content (AvgIpc) is 3.62. The monoisotopic (exact) mass is 593 g/mol. The molecule has 3 heterocycles. The van der Waals surface area contributed by atoms with Crippen LogP contribution in [0, 0.1) is 5.92 Å². The molecule has 0 saturated carbocycles. The number of fused-ring (bicyclic) bond motifs is 1. The molecule has 2 aromatic carbocycles. The third kappa shape index (κ3) is 5.41. The Kier molecular flexibility index (Phi) is 7.97. The van der Waals surface area contributed by atoms with Crippen molar-refractivity contribution in [1.82, 2.24) is 15.0 Å². The summed E-state index contributed by atoms with van der Waals surface area (Å²) in [5, 5.41) is 29.1. The van der Waals surface area contributed by atoms with E-state index in [1.807, 2.05) is 67.7 Å². The van der Waals surface area contributed by atoms with Crippen LogP contribution in [0.2, 0.25) is 0 Å². The lowest BCUT2D eigenvalue weighted by Gasteiger charge is -2.28. The Bertz CT molecular complexity index is 1410. The van der Waals surface area contributed by atoms with Crippen molar-refractivity contribution >= 4 is 39.1 Å². The minimum absolute atomic E-state index is 0.0287. The molecule has 2 N–H and O–H groups in total. The van der Waals surface area contributed by atoms with E-state index >= 15 is 0 Å². The van der Waals surface area contributed by atoms with Crippen LogP contribution in [0.15, 0.2) is 65.3 Å². The lowest BCUT2D eigenvalue weighted by molar-refractivity contribution is -0.139. The molecule has 0 radical (unpaired) electrons. The topological polar surface area (TPSA) is 112 Å². The highest BCUT2D eigenvalue weighted by Gasteiger charge is 2.52. The third-order valence-corrected chi connectivity index (χ3v) is 7.92. The van der Waals surface area contributed by atoms with E-state index in [9.17, 15) is 14.7 Å². The summed E-state index contributed by atoms with van der Waals surface area (Å²) in [5.41, 5.74) is 1.97. The summed E-state index contributed by atoms with van der Waals surface area (Å²) in [6.07, 6.45) is 8.14. The number of carbonyl (C=O) groups excluding carboxylic acids is 2. The van der Waals surface area contributed by atoms with Gasteiger partial charge < -0.3 is 20.0 Å². The van der Waals surface area contributed by atoms with Gasteiger partial charge in [0, 0.05) is 60.4 Å². The summed E-state index contributed by atoms with van der Waals surface area (Å²) < 4.78 is 2.50. The van der Waals surface area contributed by atoms with Crippen LogP contribution in [0.25, 0.3) is 0 Å². The molecule has 2 atom stereocenters. The fourth-order valence-corrected chi connectivity index (χ4v) is 5.69. The van der Waals surface area contributed by atoms with Gasteiger partial charge in [0.15, 0.2) is 5.60 Å². The van der Waals surface area contributed by atoms with Crippen molar-refractivity contribution in [3.8, 4) is 0 Å². The molecule has 10 heteroatoms. The van der Waals surface area contributed by atoms with Crippen molar-refractivity contribution < 1.29 is 19.8 Å². The smallest absolute Gasteiger partial charge is 0.264 e. The van der Waals surface area contributed by atoms with E-state index in [0.29, 0.717) is 43.6 Å². The first kappa shape index (κ1) is 27.2. The van der Waals surface area contributed by atoms with Gasteiger partial charge in [0.1, 0.15) is 0 Å². The predicted octanol–water partition coefficient (Wildman–Crippen LogP) is 3.72. The van der Waals surface area contributed by atoms with Gasteiger partial charge >= 0.3 is 0 Å². The highest BCUT2D eigenvalue weighted by Crippen LogP contribution is 2.46. The number of aryl methyl sites for hydroxylation is 1. The van der Waals surface area contributed by atoms with Crippen molar-refractivity contribution in [3.63, 3.8) is 0 Å². The largest absolute Gasteiger partial charge is 0.396 e. The molecule has 204 valence electrons. The second-order valence-electron chi connectivity index (χ2n) is 10.1. The molecule has 2 aliphatic heterocycles. The quantitative estimate of drug-likeness (QED) is 0.346. The fraction of sp³-hybridized carbons (Fsp3) is 0.379. The molecule has 0 unspecified atom stereocenters. The number of anilines is 2. The number of aliphatic hydroxyl groups is 2. The van der Waals surface area contributed by atoms with Crippen molar-refractivity contribution in [2.24, 2.45) is 5.92 Å². The van der Waals surface area contributed by atoms with Crippen molar-refractivity contribution in [1.29, 1.82) is 0 Å². The molecule has 3 aromatic rings. The maximum absolute atomic E-state index is 13.9. The van der Waals surface area contributed by atoms with Gasteiger partial charge in [-0.05, 0) is 48.7 Å². The molecule has 1 fully saturated rings. The van der Waals surface area contributed by atoms with E-state index in [1.165, 1.54) is 0 Å². The van der Waals surface area contributed by atoms with Gasteiger partial charge in [-0.25, -0.2) is 0 Å². The van der Waals surface area contributed by atoms with Crippen LogP contribution >= 0.6 is 15.9 Å². The summed E-state index contributed by atoms with van der Waals surface area (Å²) >= 11 is 3.50. The molecule has 39 heavy (non-hydrogen) atoms. The summed E-state index contributed by atoms with van der Waals surface area (Å²) in [6.45, 7) is 3.45. The molecular formula is C29H32BrN5O4. The SMILES string of the molecule is C[C@@H](/C=C/CCn1cc(CCO)nn1)[C@]1(O)C(=O)N(Cc2cccc(N3CCCC3=O)c2)c2ccc(Br)cc21. The van der Waals surface area contributed by atoms with Gasteiger partial charge in [-0.2, -0.15) is 0 Å². The number of hydrogen-bond donors (Lipinski definition) is 2. The standard InChI is InChI=1S/C29H32BrN5O4/c1-20(6-2-3-13-33-19-23(12-15-36)31-32-33)29(39)25-17-22(30)10-11-26(25)35(28(29)38)18-21-7-4-8-24(16-21)34-14-5-9-27(34)37/h2,4,6-8,10-11,16-17,19-20,36,39H,3,5,9,12-15,18H2,1H3/b6-2+/t20-,29+/m0/s1. The average molecular weight is 595 g/mol. The Labute approximate surface area is 235 Å². The van der Waals surface area contributed by atoms with E-state index in [1.54, 1.807) is 14.5 Å². The second-order valence-corrected chi connectivity index (χ2v) is 11.0. The molecule has 0 bridgehead atoms. The van der Waals surface area contributed by atoms with Crippen LogP contribution in [0.4, 0.5) is 11.4 Å². The van der Waals surface area contributed by atoms with E-state index in [2.05, 4.69) is 26.2 Å². The highest BCUT2D eigenvalue weighted by atomic mass is 79.9. The molecule has 0 aliphatic carbocycles. The summed E-state index contributed by atoms with van der Waals surface area (Å²) in [4.78, 5) is 29.5. The molecule has 0 spiro atoms. The lowest BCUT2D eigenvalue weighted by Crippen LogP contribution is -2.44. The number of benzene rings is 2. The normalized spacial score (nSPS) is 19.9. The lowest BCUT2D eigenvalue weighted by atomic mass is 9.83. The van der Waals surface area contributed by atoms with Crippen LogP contribution in [0.5, 0.6) is 0 Å². The van der Waals surface area contributed by atoms with Gasteiger partial charge in [0.05, 0.1) is 17.9 Å². The minimum Gasteiger partial charge on any atom is -0.396 e. The molecule has 5 rings (SSSR count). The summed E-state index contributed by atoms with van der Waals surface area (Å²) in [6, 6.07) is 13.2. The zero-order valence-corrected chi connectivity index (χ0v) is 23.4. The minimum atomic E-state index is -1.72. The van der Waals surface area contributed by atoms with E-state index in [4.69, 9.17) is 5.11 Å². The van der Waals surface area contributed by atoms with Crippen LogP contribution in [-0.4, -0.2) is 50.2 Å². The number of halogens is 1. The van der Waals surface area contributed by atoms with Crippen molar-refractivity contribution in [2.75, 3.05) is 23.0 Å².